The molecular formula is C17H18FN3O3S. The van der Waals surface area contributed by atoms with Crippen molar-refractivity contribution in [3.8, 4) is 0 Å². The number of hydrogen-bond acceptors (Lipinski definition) is 4. The second kappa shape index (κ2) is 9.03. The molecule has 6 nitrogen and oxygen atoms in total. The van der Waals surface area contributed by atoms with Crippen LogP contribution in [-0.2, 0) is 0 Å². The molecule has 2 amide bonds. The van der Waals surface area contributed by atoms with Crippen LogP contribution in [0.4, 0.5) is 20.6 Å². The molecule has 132 valence electrons. The molecule has 0 atom stereocenters. The second-order valence-electron chi connectivity index (χ2n) is 5.24. The Kier molecular flexibility index (Phi) is 6.76. The SMILES string of the molecule is Cc1c(NC(=O)NCCCSc2ccc(F)cc2)cccc1[N+](=O)[O-]. The van der Waals surface area contributed by atoms with Gasteiger partial charge in [0.15, 0.2) is 0 Å². The van der Waals surface area contributed by atoms with Crippen molar-refractivity contribution < 1.29 is 14.1 Å². The molecule has 0 fully saturated rings. The molecule has 25 heavy (non-hydrogen) atoms. The van der Waals surface area contributed by atoms with Gasteiger partial charge in [0.2, 0.25) is 0 Å². The molecule has 2 rings (SSSR count). The van der Waals surface area contributed by atoms with Crippen LogP contribution in [0.1, 0.15) is 12.0 Å². The lowest BCUT2D eigenvalue weighted by atomic mass is 10.1. The van der Waals surface area contributed by atoms with Crippen molar-refractivity contribution in [3.63, 3.8) is 0 Å². The summed E-state index contributed by atoms with van der Waals surface area (Å²) in [5.74, 6) is 0.515. The number of anilines is 1. The van der Waals surface area contributed by atoms with Crippen molar-refractivity contribution >= 4 is 29.2 Å². The van der Waals surface area contributed by atoms with E-state index in [4.69, 9.17) is 0 Å². The zero-order valence-corrected chi connectivity index (χ0v) is 14.4. The first-order valence-corrected chi connectivity index (χ1v) is 8.63. The van der Waals surface area contributed by atoms with Crippen molar-refractivity contribution in [2.24, 2.45) is 0 Å². The van der Waals surface area contributed by atoms with Crippen molar-refractivity contribution in [2.75, 3.05) is 17.6 Å². The molecule has 0 spiro atoms. The number of hydrogen-bond donors (Lipinski definition) is 2. The number of carbonyl (C=O) groups excluding carboxylic acids is 1. The van der Waals surface area contributed by atoms with Crippen LogP contribution in [0.5, 0.6) is 0 Å². The Morgan fingerprint density at radius 2 is 1.96 bits per heavy atom. The smallest absolute Gasteiger partial charge is 0.319 e. The third kappa shape index (κ3) is 5.75. The molecule has 0 aliphatic heterocycles. The molecule has 0 aliphatic rings. The number of thioether (sulfide) groups is 1. The maximum Gasteiger partial charge on any atom is 0.319 e. The van der Waals surface area contributed by atoms with Crippen LogP contribution in [0.25, 0.3) is 0 Å². The fourth-order valence-corrected chi connectivity index (χ4v) is 2.97. The van der Waals surface area contributed by atoms with Gasteiger partial charge in [0.05, 0.1) is 16.2 Å². The number of halogens is 1. The van der Waals surface area contributed by atoms with E-state index in [1.807, 2.05) is 0 Å². The standard InChI is InChI=1S/C17H18FN3O3S/c1-12-15(4-2-5-16(12)21(23)24)20-17(22)19-10-3-11-25-14-8-6-13(18)7-9-14/h2,4-9H,3,10-11H2,1H3,(H2,19,20,22). The van der Waals surface area contributed by atoms with Crippen molar-refractivity contribution in [2.45, 2.75) is 18.2 Å². The summed E-state index contributed by atoms with van der Waals surface area (Å²) in [5.41, 5.74) is 0.787. The van der Waals surface area contributed by atoms with E-state index in [1.54, 1.807) is 36.9 Å². The fourth-order valence-electron chi connectivity index (χ4n) is 2.12. The maximum atomic E-state index is 12.8. The third-order valence-electron chi connectivity index (χ3n) is 3.44. The molecule has 0 unspecified atom stereocenters. The van der Waals surface area contributed by atoms with Gasteiger partial charge in [-0.3, -0.25) is 10.1 Å². The van der Waals surface area contributed by atoms with Crippen LogP contribution in [0.2, 0.25) is 0 Å². The lowest BCUT2D eigenvalue weighted by Gasteiger charge is -2.10. The molecule has 0 radical (unpaired) electrons. The van der Waals surface area contributed by atoms with Gasteiger partial charge in [-0.05, 0) is 49.4 Å². The second-order valence-corrected chi connectivity index (χ2v) is 6.41. The van der Waals surface area contributed by atoms with Gasteiger partial charge in [0.1, 0.15) is 5.82 Å². The van der Waals surface area contributed by atoms with Gasteiger partial charge in [0, 0.05) is 17.5 Å². The highest BCUT2D eigenvalue weighted by Crippen LogP contribution is 2.24. The lowest BCUT2D eigenvalue weighted by molar-refractivity contribution is -0.385. The van der Waals surface area contributed by atoms with Crippen molar-refractivity contribution in [1.29, 1.82) is 0 Å². The van der Waals surface area contributed by atoms with Gasteiger partial charge in [-0.15, -0.1) is 11.8 Å². The summed E-state index contributed by atoms with van der Waals surface area (Å²) >= 11 is 1.58. The third-order valence-corrected chi connectivity index (χ3v) is 4.54. The van der Waals surface area contributed by atoms with Crippen LogP contribution >= 0.6 is 11.8 Å². The minimum absolute atomic E-state index is 0.0338. The molecule has 0 saturated heterocycles. The summed E-state index contributed by atoms with van der Waals surface area (Å²) in [6.07, 6.45) is 0.739. The molecule has 0 saturated carbocycles. The molecule has 0 bridgehead atoms. The Bertz CT molecular complexity index is 753. The first-order chi connectivity index (χ1) is 12.0. The van der Waals surface area contributed by atoms with Crippen molar-refractivity contribution in [1.82, 2.24) is 5.32 Å². The van der Waals surface area contributed by atoms with E-state index in [-0.39, 0.29) is 11.5 Å². The predicted molar refractivity (Wildman–Crippen MR) is 96.6 cm³/mol. The molecule has 0 aliphatic carbocycles. The average molecular weight is 363 g/mol. The largest absolute Gasteiger partial charge is 0.338 e. The molecule has 2 N–H and O–H groups in total. The summed E-state index contributed by atoms with van der Waals surface area (Å²) in [6.45, 7) is 2.06. The number of nitrogens with zero attached hydrogens (tertiary/aromatic N) is 1. The maximum absolute atomic E-state index is 12.8. The number of nitro groups is 1. The Hall–Kier alpha value is -2.61. The quantitative estimate of drug-likeness (QED) is 0.332. The van der Waals surface area contributed by atoms with Crippen molar-refractivity contribution in [3.05, 3.63) is 64.0 Å². The number of rotatable bonds is 7. The topological polar surface area (TPSA) is 84.3 Å². The van der Waals surface area contributed by atoms with Crippen LogP contribution in [0.15, 0.2) is 47.4 Å². The van der Waals surface area contributed by atoms with Gasteiger partial charge in [-0.1, -0.05) is 6.07 Å². The normalized spacial score (nSPS) is 10.3. The van der Waals surface area contributed by atoms with Gasteiger partial charge < -0.3 is 10.6 Å². The van der Waals surface area contributed by atoms with E-state index >= 15 is 0 Å². The van der Waals surface area contributed by atoms with Gasteiger partial charge >= 0.3 is 6.03 Å². The highest BCUT2D eigenvalue weighted by atomic mass is 32.2. The molecule has 0 aromatic heterocycles. The van der Waals surface area contributed by atoms with Crippen LogP contribution in [-0.4, -0.2) is 23.3 Å². The average Bonchev–Trinajstić information content (AvgIpc) is 2.58. The molecule has 2 aromatic rings. The first-order valence-electron chi connectivity index (χ1n) is 7.64. The monoisotopic (exact) mass is 363 g/mol. The van der Waals surface area contributed by atoms with Gasteiger partial charge in [-0.25, -0.2) is 9.18 Å². The van der Waals surface area contributed by atoms with E-state index < -0.39 is 11.0 Å². The molecule has 2 aromatic carbocycles. The van der Waals surface area contributed by atoms with Crippen LogP contribution < -0.4 is 10.6 Å². The van der Waals surface area contributed by atoms with Crippen LogP contribution in [0, 0.1) is 22.9 Å². The zero-order valence-electron chi connectivity index (χ0n) is 13.6. The zero-order chi connectivity index (χ0) is 18.2. The number of nitrogens with one attached hydrogen (secondary N) is 2. The molecule has 8 heteroatoms. The van der Waals surface area contributed by atoms with Gasteiger partial charge in [-0.2, -0.15) is 0 Å². The van der Waals surface area contributed by atoms with E-state index in [0.29, 0.717) is 17.8 Å². The summed E-state index contributed by atoms with van der Waals surface area (Å²) in [7, 11) is 0. The number of amides is 2. The molecule has 0 heterocycles. The fraction of sp³-hybridized carbons (Fsp3) is 0.235. The molecular weight excluding hydrogens is 345 g/mol. The number of urea groups is 1. The number of benzene rings is 2. The van der Waals surface area contributed by atoms with Gasteiger partial charge in [0.25, 0.3) is 5.69 Å². The number of carbonyl (C=O) groups is 1. The Morgan fingerprint density at radius 1 is 1.24 bits per heavy atom. The van der Waals surface area contributed by atoms with E-state index in [9.17, 15) is 19.3 Å². The van der Waals surface area contributed by atoms with E-state index in [0.717, 1.165) is 17.1 Å². The predicted octanol–water partition coefficient (Wildman–Crippen LogP) is 4.35. The lowest BCUT2D eigenvalue weighted by Crippen LogP contribution is -2.30. The summed E-state index contributed by atoms with van der Waals surface area (Å²) in [6, 6.07) is 10.4. The highest BCUT2D eigenvalue weighted by Gasteiger charge is 2.14. The summed E-state index contributed by atoms with van der Waals surface area (Å²) in [5, 5.41) is 16.2. The first kappa shape index (κ1) is 18.7. The highest BCUT2D eigenvalue weighted by molar-refractivity contribution is 7.99. The Balaban J connectivity index is 1.73. The summed E-state index contributed by atoms with van der Waals surface area (Å²) < 4.78 is 12.8. The van der Waals surface area contributed by atoms with E-state index in [2.05, 4.69) is 10.6 Å². The summed E-state index contributed by atoms with van der Waals surface area (Å²) in [4.78, 5) is 23.3. The Labute approximate surface area is 149 Å². The van der Waals surface area contributed by atoms with E-state index in [1.165, 1.54) is 24.3 Å². The Morgan fingerprint density at radius 3 is 2.64 bits per heavy atom. The minimum atomic E-state index is -0.481. The number of nitro benzene ring substituents is 1. The van der Waals surface area contributed by atoms with Crippen LogP contribution in [0.3, 0.4) is 0 Å². The minimum Gasteiger partial charge on any atom is -0.338 e.